The van der Waals surface area contributed by atoms with Crippen LogP contribution in [-0.2, 0) is 9.53 Å². The highest BCUT2D eigenvalue weighted by molar-refractivity contribution is 8.14. The summed E-state index contributed by atoms with van der Waals surface area (Å²) in [5.41, 5.74) is 0. The van der Waals surface area contributed by atoms with Gasteiger partial charge in [0.2, 0.25) is 0 Å². The molecular weight excluding hydrogens is 214 g/mol. The molecule has 0 aromatic rings. The standard InChI is InChI=1S/C10H15NO3S/c1-3-6-14-10(13)11-5-4-9(7-11)15-8(2)12/h3,9H,1,4-7H2,2H3. The Morgan fingerprint density at radius 1 is 1.67 bits per heavy atom. The highest BCUT2D eigenvalue weighted by Gasteiger charge is 2.28. The second-order valence-corrected chi connectivity index (χ2v) is 4.81. The lowest BCUT2D eigenvalue weighted by molar-refractivity contribution is -0.109. The van der Waals surface area contributed by atoms with Gasteiger partial charge in [-0.1, -0.05) is 24.4 Å². The highest BCUT2D eigenvalue weighted by atomic mass is 32.2. The average Bonchev–Trinajstić information content (AvgIpc) is 2.61. The van der Waals surface area contributed by atoms with E-state index < -0.39 is 0 Å². The Morgan fingerprint density at radius 3 is 3.00 bits per heavy atom. The minimum Gasteiger partial charge on any atom is -0.445 e. The van der Waals surface area contributed by atoms with Crippen molar-refractivity contribution in [2.45, 2.75) is 18.6 Å². The van der Waals surface area contributed by atoms with Crippen LogP contribution in [0.2, 0.25) is 0 Å². The summed E-state index contributed by atoms with van der Waals surface area (Å²) < 4.78 is 4.90. The quantitative estimate of drug-likeness (QED) is 0.690. The number of likely N-dealkylation sites (tertiary alicyclic amines) is 1. The monoisotopic (exact) mass is 229 g/mol. The molecule has 5 heteroatoms. The summed E-state index contributed by atoms with van der Waals surface area (Å²) in [7, 11) is 0. The van der Waals surface area contributed by atoms with Crippen molar-refractivity contribution in [2.75, 3.05) is 19.7 Å². The first-order valence-corrected chi connectivity index (χ1v) is 5.71. The Bertz CT molecular complexity index is 267. The molecule has 0 aromatic carbocycles. The summed E-state index contributed by atoms with van der Waals surface area (Å²) in [5, 5.41) is 0.320. The van der Waals surface area contributed by atoms with E-state index in [1.54, 1.807) is 11.8 Å². The predicted octanol–water partition coefficient (Wildman–Crippen LogP) is 1.66. The van der Waals surface area contributed by atoms with Crippen LogP contribution in [-0.4, -0.2) is 41.1 Å². The van der Waals surface area contributed by atoms with Crippen LogP contribution in [0.4, 0.5) is 4.79 Å². The minimum absolute atomic E-state index is 0.0984. The number of amides is 1. The summed E-state index contributed by atoms with van der Waals surface area (Å²) >= 11 is 1.30. The molecule has 0 bridgehead atoms. The molecule has 1 aliphatic heterocycles. The normalized spacial score (nSPS) is 20.1. The minimum atomic E-state index is -0.318. The lowest BCUT2D eigenvalue weighted by Crippen LogP contribution is -2.29. The van der Waals surface area contributed by atoms with Crippen molar-refractivity contribution in [1.29, 1.82) is 0 Å². The second kappa shape index (κ2) is 5.80. The molecule has 84 valence electrons. The van der Waals surface area contributed by atoms with Gasteiger partial charge in [-0.25, -0.2) is 4.79 Å². The Balaban J connectivity index is 2.31. The van der Waals surface area contributed by atoms with Gasteiger partial charge in [0, 0.05) is 25.3 Å². The first-order valence-electron chi connectivity index (χ1n) is 4.83. The summed E-state index contributed by atoms with van der Waals surface area (Å²) in [6, 6.07) is 0. The van der Waals surface area contributed by atoms with Gasteiger partial charge in [0.15, 0.2) is 5.12 Å². The van der Waals surface area contributed by atoms with Gasteiger partial charge in [-0.05, 0) is 6.42 Å². The van der Waals surface area contributed by atoms with Gasteiger partial charge in [0.1, 0.15) is 6.61 Å². The van der Waals surface area contributed by atoms with Crippen LogP contribution >= 0.6 is 11.8 Å². The molecule has 1 heterocycles. The lowest BCUT2D eigenvalue weighted by Gasteiger charge is -2.14. The van der Waals surface area contributed by atoms with Crippen molar-refractivity contribution < 1.29 is 14.3 Å². The summed E-state index contributed by atoms with van der Waals surface area (Å²) in [4.78, 5) is 23.9. The Hall–Kier alpha value is -0.970. The molecule has 1 rings (SSSR count). The van der Waals surface area contributed by atoms with E-state index in [1.807, 2.05) is 0 Å². The van der Waals surface area contributed by atoms with Crippen LogP contribution < -0.4 is 0 Å². The highest BCUT2D eigenvalue weighted by Crippen LogP contribution is 2.23. The van der Waals surface area contributed by atoms with Gasteiger partial charge in [-0.3, -0.25) is 4.79 Å². The fourth-order valence-electron chi connectivity index (χ4n) is 1.45. The molecule has 0 radical (unpaired) electrons. The number of carbonyl (C=O) groups is 2. The third kappa shape index (κ3) is 3.95. The van der Waals surface area contributed by atoms with Crippen molar-refractivity contribution in [3.63, 3.8) is 0 Å². The zero-order valence-corrected chi connectivity index (χ0v) is 9.59. The molecule has 1 fully saturated rings. The molecule has 1 saturated heterocycles. The number of rotatable bonds is 3. The molecule has 0 aliphatic carbocycles. The second-order valence-electron chi connectivity index (χ2n) is 3.33. The number of hydrogen-bond acceptors (Lipinski definition) is 4. The van der Waals surface area contributed by atoms with Gasteiger partial charge in [-0.2, -0.15) is 0 Å². The number of ether oxygens (including phenoxy) is 1. The molecule has 0 spiro atoms. The maximum Gasteiger partial charge on any atom is 0.410 e. The van der Waals surface area contributed by atoms with E-state index in [1.165, 1.54) is 17.8 Å². The molecule has 1 amide bonds. The topological polar surface area (TPSA) is 46.6 Å². The Morgan fingerprint density at radius 2 is 2.40 bits per heavy atom. The first-order chi connectivity index (χ1) is 7.13. The third-order valence-corrected chi connectivity index (χ3v) is 3.11. The van der Waals surface area contributed by atoms with Gasteiger partial charge < -0.3 is 9.64 Å². The summed E-state index contributed by atoms with van der Waals surface area (Å²) in [6.07, 6.45) is 2.07. The number of thioether (sulfide) groups is 1. The molecule has 0 aromatic heterocycles. The van der Waals surface area contributed by atoms with Crippen LogP contribution in [0.15, 0.2) is 12.7 Å². The molecular formula is C10H15NO3S. The zero-order chi connectivity index (χ0) is 11.3. The third-order valence-electron chi connectivity index (χ3n) is 2.06. The SMILES string of the molecule is C=CCOC(=O)N1CCC(SC(C)=O)C1. The average molecular weight is 229 g/mol. The van der Waals surface area contributed by atoms with Crippen molar-refractivity contribution in [3.05, 3.63) is 12.7 Å². The van der Waals surface area contributed by atoms with Gasteiger partial charge in [0.25, 0.3) is 0 Å². The van der Waals surface area contributed by atoms with E-state index >= 15 is 0 Å². The van der Waals surface area contributed by atoms with Crippen LogP contribution in [0, 0.1) is 0 Å². The number of hydrogen-bond donors (Lipinski definition) is 0. The Labute approximate surface area is 93.6 Å². The Kier molecular flexibility index (Phi) is 4.68. The van der Waals surface area contributed by atoms with E-state index in [9.17, 15) is 9.59 Å². The van der Waals surface area contributed by atoms with Crippen LogP contribution in [0.5, 0.6) is 0 Å². The first kappa shape index (κ1) is 12.1. The zero-order valence-electron chi connectivity index (χ0n) is 8.77. The number of nitrogens with zero attached hydrogens (tertiary/aromatic N) is 1. The number of carbonyl (C=O) groups excluding carboxylic acids is 2. The maximum atomic E-state index is 11.4. The van der Waals surface area contributed by atoms with Gasteiger partial charge in [0.05, 0.1) is 0 Å². The van der Waals surface area contributed by atoms with Gasteiger partial charge in [-0.15, -0.1) is 0 Å². The van der Waals surface area contributed by atoms with Crippen LogP contribution in [0.1, 0.15) is 13.3 Å². The molecule has 1 aliphatic rings. The molecule has 0 saturated carbocycles. The largest absolute Gasteiger partial charge is 0.445 e. The molecule has 0 N–H and O–H groups in total. The van der Waals surface area contributed by atoms with Crippen molar-refractivity contribution in [1.82, 2.24) is 4.90 Å². The molecule has 15 heavy (non-hydrogen) atoms. The molecule has 1 atom stereocenters. The fraction of sp³-hybridized carbons (Fsp3) is 0.600. The van der Waals surface area contributed by atoms with E-state index in [-0.39, 0.29) is 23.1 Å². The van der Waals surface area contributed by atoms with E-state index in [0.29, 0.717) is 13.1 Å². The van der Waals surface area contributed by atoms with Crippen molar-refractivity contribution in [3.8, 4) is 0 Å². The smallest absolute Gasteiger partial charge is 0.410 e. The molecule has 4 nitrogen and oxygen atoms in total. The summed E-state index contributed by atoms with van der Waals surface area (Å²) in [6.45, 7) is 6.52. The van der Waals surface area contributed by atoms with E-state index in [0.717, 1.165) is 6.42 Å². The summed E-state index contributed by atoms with van der Waals surface area (Å²) in [5.74, 6) is 0. The van der Waals surface area contributed by atoms with Gasteiger partial charge >= 0.3 is 6.09 Å². The fourth-order valence-corrected chi connectivity index (χ4v) is 2.39. The van der Waals surface area contributed by atoms with E-state index in [2.05, 4.69) is 6.58 Å². The van der Waals surface area contributed by atoms with Crippen LogP contribution in [0.25, 0.3) is 0 Å². The van der Waals surface area contributed by atoms with Crippen molar-refractivity contribution in [2.24, 2.45) is 0 Å². The lowest BCUT2D eigenvalue weighted by atomic mass is 10.4. The van der Waals surface area contributed by atoms with Crippen molar-refractivity contribution >= 4 is 23.0 Å². The van der Waals surface area contributed by atoms with E-state index in [4.69, 9.17) is 4.74 Å². The predicted molar refractivity (Wildman–Crippen MR) is 59.8 cm³/mol. The maximum absolute atomic E-state index is 11.4. The van der Waals surface area contributed by atoms with Crippen LogP contribution in [0.3, 0.4) is 0 Å². The molecule has 1 unspecified atom stereocenters.